The van der Waals surface area contributed by atoms with E-state index < -0.39 is 32.8 Å². The van der Waals surface area contributed by atoms with Gasteiger partial charge in [0.05, 0.1) is 11.0 Å². The molecule has 0 aliphatic heterocycles. The first-order chi connectivity index (χ1) is 11.3. The second-order valence-corrected chi connectivity index (χ2v) is 7.95. The molecule has 2 unspecified atom stereocenters. The summed E-state index contributed by atoms with van der Waals surface area (Å²) in [5.41, 5.74) is -0.383. The smallest absolute Gasteiger partial charge is 0.188 e. The molecule has 0 saturated heterocycles. The maximum Gasteiger partial charge on any atom is 0.188 e. The minimum Gasteiger partial charge on any atom is -0.391 e. The van der Waals surface area contributed by atoms with Gasteiger partial charge in [-0.2, -0.15) is 0 Å². The Morgan fingerprint density at radius 3 is 2.33 bits per heavy atom. The average Bonchev–Trinajstić information content (AvgIpc) is 2.51. The predicted octanol–water partition coefficient (Wildman–Crippen LogP) is 4.29. The minimum atomic E-state index is -4.15. The van der Waals surface area contributed by atoms with E-state index in [1.807, 2.05) is 0 Å². The van der Waals surface area contributed by atoms with Crippen LogP contribution in [-0.2, 0) is 9.84 Å². The molecule has 2 atom stereocenters. The highest BCUT2D eigenvalue weighted by Crippen LogP contribution is 2.35. The van der Waals surface area contributed by atoms with Crippen molar-refractivity contribution in [2.75, 3.05) is 0 Å². The number of halogens is 3. The highest BCUT2D eigenvalue weighted by atomic mass is 35.5. The Hall–Kier alpha value is -1.50. The predicted molar refractivity (Wildman–Crippen MR) is 88.7 cm³/mol. The lowest BCUT2D eigenvalue weighted by Crippen LogP contribution is -2.27. The van der Waals surface area contributed by atoms with Crippen LogP contribution in [0.5, 0.6) is 0 Å². The number of hydrogen-bond donors (Lipinski definition) is 1. The van der Waals surface area contributed by atoms with Crippen LogP contribution < -0.4 is 0 Å². The number of benzene rings is 2. The van der Waals surface area contributed by atoms with E-state index in [0.29, 0.717) is 11.4 Å². The van der Waals surface area contributed by atoms with Gasteiger partial charge in [0.25, 0.3) is 0 Å². The maximum absolute atomic E-state index is 14.2. The highest BCUT2D eigenvalue weighted by molar-refractivity contribution is 7.91. The Kier molecular flexibility index (Phi) is 5.96. The van der Waals surface area contributed by atoms with E-state index in [1.165, 1.54) is 24.3 Å². The normalized spacial score (nSPS) is 14.4. The van der Waals surface area contributed by atoms with Crippen LogP contribution in [0, 0.1) is 11.6 Å². The van der Waals surface area contributed by atoms with Gasteiger partial charge in [0.2, 0.25) is 0 Å². The molecule has 1 N–H and O–H groups in total. The van der Waals surface area contributed by atoms with Crippen LogP contribution in [0.25, 0.3) is 0 Å². The lowest BCUT2D eigenvalue weighted by Gasteiger charge is -2.24. The molecule has 3 nitrogen and oxygen atoms in total. The molecule has 24 heavy (non-hydrogen) atoms. The van der Waals surface area contributed by atoms with Crippen molar-refractivity contribution in [2.24, 2.45) is 0 Å². The number of sulfone groups is 1. The van der Waals surface area contributed by atoms with Gasteiger partial charge in [0.15, 0.2) is 9.84 Å². The van der Waals surface area contributed by atoms with Crippen LogP contribution in [-0.4, -0.2) is 19.6 Å². The van der Waals surface area contributed by atoms with E-state index in [4.69, 9.17) is 11.6 Å². The Balaban J connectivity index is 2.61. The molecule has 7 heteroatoms. The van der Waals surface area contributed by atoms with Crippen LogP contribution in [0.2, 0.25) is 5.02 Å². The molecule has 0 bridgehead atoms. The third-order valence-electron chi connectivity index (χ3n) is 3.67. The Morgan fingerprint density at radius 2 is 1.75 bits per heavy atom. The summed E-state index contributed by atoms with van der Waals surface area (Å²) >= 11 is 5.76. The van der Waals surface area contributed by atoms with Gasteiger partial charge in [0.1, 0.15) is 16.9 Å². The van der Waals surface area contributed by atoms with Gasteiger partial charge in [-0.15, -0.1) is 0 Å². The van der Waals surface area contributed by atoms with Crippen LogP contribution in [0.15, 0.2) is 47.4 Å². The molecule has 0 aliphatic rings. The van der Waals surface area contributed by atoms with E-state index >= 15 is 0 Å². The summed E-state index contributed by atoms with van der Waals surface area (Å²) in [5, 5.41) is 9.08. The summed E-state index contributed by atoms with van der Waals surface area (Å²) in [6.07, 6.45) is -0.745. The van der Waals surface area contributed by atoms with Crippen molar-refractivity contribution in [3.8, 4) is 0 Å². The summed E-state index contributed by atoms with van der Waals surface area (Å²) < 4.78 is 53.6. The fraction of sp³-hybridized carbons (Fsp3) is 0.294. The second-order valence-electron chi connectivity index (χ2n) is 5.44. The molecule has 2 aromatic rings. The number of aliphatic hydroxyl groups is 1. The van der Waals surface area contributed by atoms with E-state index in [9.17, 15) is 22.3 Å². The molecular formula is C17H17ClF2O3S. The van der Waals surface area contributed by atoms with Crippen LogP contribution >= 0.6 is 11.6 Å². The van der Waals surface area contributed by atoms with Gasteiger partial charge in [-0.25, -0.2) is 17.2 Å². The average molecular weight is 375 g/mol. The third kappa shape index (κ3) is 3.94. The van der Waals surface area contributed by atoms with Gasteiger partial charge in [-0.05, 0) is 48.9 Å². The molecular weight excluding hydrogens is 358 g/mol. The van der Waals surface area contributed by atoms with Gasteiger partial charge >= 0.3 is 0 Å². The van der Waals surface area contributed by atoms with Crippen molar-refractivity contribution in [2.45, 2.75) is 36.0 Å². The van der Waals surface area contributed by atoms with Crippen LogP contribution in [0.1, 0.15) is 30.6 Å². The summed E-state index contributed by atoms with van der Waals surface area (Å²) in [4.78, 5) is -0.115. The van der Waals surface area contributed by atoms with Crippen molar-refractivity contribution in [3.05, 3.63) is 64.7 Å². The molecule has 0 fully saturated rings. The fourth-order valence-corrected chi connectivity index (χ4v) is 4.53. The van der Waals surface area contributed by atoms with Gasteiger partial charge in [-0.3, -0.25) is 0 Å². The van der Waals surface area contributed by atoms with Crippen LogP contribution in [0.3, 0.4) is 0 Å². The molecule has 0 aromatic heterocycles. The Morgan fingerprint density at radius 1 is 1.12 bits per heavy atom. The first-order valence-electron chi connectivity index (χ1n) is 7.40. The first kappa shape index (κ1) is 18.8. The van der Waals surface area contributed by atoms with E-state index in [1.54, 1.807) is 6.92 Å². The number of hydrogen-bond acceptors (Lipinski definition) is 3. The topological polar surface area (TPSA) is 54.4 Å². The molecule has 0 heterocycles. The molecule has 0 aliphatic carbocycles. The lowest BCUT2D eigenvalue weighted by atomic mass is 10.0. The zero-order valence-corrected chi connectivity index (χ0v) is 14.5. The molecule has 0 radical (unpaired) electrons. The van der Waals surface area contributed by atoms with Crippen molar-refractivity contribution >= 4 is 21.4 Å². The standard InChI is InChI=1S/C17H17ClF2O3S/c1-2-3-16(21)17(14-10-12(19)6-9-15(14)20)24(22,23)13-7-4-11(18)5-8-13/h4-10,16-17,21H,2-3H2,1H3. The number of aliphatic hydroxyl groups excluding tert-OH is 1. The molecule has 2 aromatic carbocycles. The summed E-state index contributed by atoms with van der Waals surface area (Å²) in [6.45, 7) is 1.76. The Bertz CT molecular complexity index is 807. The molecule has 0 saturated carbocycles. The second kappa shape index (κ2) is 7.59. The van der Waals surface area contributed by atoms with E-state index in [2.05, 4.69) is 0 Å². The van der Waals surface area contributed by atoms with Gasteiger partial charge in [0, 0.05) is 10.6 Å². The molecule has 130 valence electrons. The summed E-state index contributed by atoms with van der Waals surface area (Å²) in [6, 6.07) is 7.90. The van der Waals surface area contributed by atoms with Crippen molar-refractivity contribution < 1.29 is 22.3 Å². The van der Waals surface area contributed by atoms with Crippen LogP contribution in [0.4, 0.5) is 8.78 Å². The molecule has 0 spiro atoms. The lowest BCUT2D eigenvalue weighted by molar-refractivity contribution is 0.156. The third-order valence-corrected chi connectivity index (χ3v) is 6.09. The highest BCUT2D eigenvalue weighted by Gasteiger charge is 2.37. The minimum absolute atomic E-state index is 0.115. The van der Waals surface area contributed by atoms with Crippen molar-refractivity contribution in [1.29, 1.82) is 0 Å². The molecule has 2 rings (SSSR count). The molecule has 0 amide bonds. The van der Waals surface area contributed by atoms with E-state index in [-0.39, 0.29) is 16.9 Å². The zero-order chi connectivity index (χ0) is 17.9. The van der Waals surface area contributed by atoms with E-state index in [0.717, 1.165) is 18.2 Å². The van der Waals surface area contributed by atoms with Crippen molar-refractivity contribution in [3.63, 3.8) is 0 Å². The number of rotatable bonds is 6. The Labute approximate surface area is 144 Å². The SMILES string of the molecule is CCCC(O)C(c1cc(F)ccc1F)S(=O)(=O)c1ccc(Cl)cc1. The quantitative estimate of drug-likeness (QED) is 0.820. The zero-order valence-electron chi connectivity index (χ0n) is 12.9. The maximum atomic E-state index is 14.2. The monoisotopic (exact) mass is 374 g/mol. The van der Waals surface area contributed by atoms with Gasteiger partial charge in [-0.1, -0.05) is 24.9 Å². The van der Waals surface area contributed by atoms with Crippen molar-refractivity contribution in [1.82, 2.24) is 0 Å². The largest absolute Gasteiger partial charge is 0.391 e. The fourth-order valence-electron chi connectivity index (χ4n) is 2.53. The first-order valence-corrected chi connectivity index (χ1v) is 9.32. The van der Waals surface area contributed by atoms with Gasteiger partial charge < -0.3 is 5.11 Å². The summed E-state index contributed by atoms with van der Waals surface area (Å²) in [7, 11) is -4.15. The summed E-state index contributed by atoms with van der Waals surface area (Å²) in [5.74, 6) is -1.65.